The van der Waals surface area contributed by atoms with E-state index >= 15 is 0 Å². The van der Waals surface area contributed by atoms with Crippen molar-refractivity contribution in [2.24, 2.45) is 0 Å². The highest BCUT2D eigenvalue weighted by molar-refractivity contribution is 6.31. The number of hydrogen-bond acceptors (Lipinski definition) is 2. The molecule has 3 nitrogen and oxygen atoms in total. The summed E-state index contributed by atoms with van der Waals surface area (Å²) in [5.74, 6) is -0.161. The molecule has 0 aliphatic heterocycles. The number of aryl methyl sites for hydroxylation is 1. The van der Waals surface area contributed by atoms with Crippen LogP contribution in [0, 0.1) is 6.92 Å². The summed E-state index contributed by atoms with van der Waals surface area (Å²) in [6.45, 7) is 2.30. The fourth-order valence-corrected chi connectivity index (χ4v) is 1.90. The molecule has 0 atom stereocenters. The van der Waals surface area contributed by atoms with Crippen LogP contribution in [0.3, 0.4) is 0 Å². The normalized spacial score (nSPS) is 10.2. The molecule has 0 spiro atoms. The molecule has 0 saturated heterocycles. The van der Waals surface area contributed by atoms with E-state index in [-0.39, 0.29) is 5.91 Å². The van der Waals surface area contributed by atoms with Crippen LogP contribution >= 0.6 is 11.6 Å². The van der Waals surface area contributed by atoms with Crippen molar-refractivity contribution in [1.29, 1.82) is 0 Å². The highest BCUT2D eigenvalue weighted by Crippen LogP contribution is 2.15. The summed E-state index contributed by atoms with van der Waals surface area (Å²) >= 11 is 6.03. The fraction of sp³-hybridized carbons (Fsp3) is 0.133. The van der Waals surface area contributed by atoms with E-state index in [0.717, 1.165) is 11.1 Å². The van der Waals surface area contributed by atoms with Crippen molar-refractivity contribution in [3.05, 3.63) is 64.2 Å². The fourth-order valence-electron chi connectivity index (χ4n) is 1.70. The topological polar surface area (TPSA) is 55.1 Å². The van der Waals surface area contributed by atoms with Crippen LogP contribution in [0.1, 0.15) is 21.5 Å². The van der Waals surface area contributed by atoms with Gasteiger partial charge in [-0.15, -0.1) is 0 Å². The Bertz CT molecular complexity index is 611. The van der Waals surface area contributed by atoms with Gasteiger partial charge in [0.05, 0.1) is 0 Å². The molecule has 0 fully saturated rings. The molecule has 2 aromatic carbocycles. The van der Waals surface area contributed by atoms with Crippen molar-refractivity contribution in [3.8, 4) is 0 Å². The summed E-state index contributed by atoms with van der Waals surface area (Å²) < 4.78 is 0. The first kappa shape index (κ1) is 13.4. The second-order valence-corrected chi connectivity index (χ2v) is 4.75. The Morgan fingerprint density at radius 1 is 1.26 bits per heavy atom. The summed E-state index contributed by atoms with van der Waals surface area (Å²) in [6, 6.07) is 12.7. The molecular weight excluding hydrogens is 260 g/mol. The minimum atomic E-state index is -0.161. The lowest BCUT2D eigenvalue weighted by molar-refractivity contribution is 0.0951. The Kier molecular flexibility index (Phi) is 4.07. The third-order valence-corrected chi connectivity index (χ3v) is 3.31. The zero-order valence-electron chi connectivity index (χ0n) is 10.6. The van der Waals surface area contributed by atoms with E-state index in [1.165, 1.54) is 0 Å². The van der Waals surface area contributed by atoms with Crippen LogP contribution in [0.5, 0.6) is 0 Å². The quantitative estimate of drug-likeness (QED) is 0.845. The molecule has 0 radical (unpaired) electrons. The van der Waals surface area contributed by atoms with Crippen molar-refractivity contribution in [2.45, 2.75) is 13.5 Å². The number of amides is 1. The van der Waals surface area contributed by atoms with Gasteiger partial charge >= 0.3 is 0 Å². The number of carbonyl (C=O) groups is 1. The maximum absolute atomic E-state index is 12.0. The third kappa shape index (κ3) is 3.26. The third-order valence-electron chi connectivity index (χ3n) is 2.94. The molecular formula is C15H15ClN2O. The van der Waals surface area contributed by atoms with Crippen molar-refractivity contribution in [2.75, 3.05) is 5.73 Å². The monoisotopic (exact) mass is 274 g/mol. The summed E-state index contributed by atoms with van der Waals surface area (Å²) in [4.78, 5) is 12.0. The SMILES string of the molecule is Cc1ccc(C(=O)NCc2ccccc2Cl)cc1N. The molecule has 0 saturated carbocycles. The van der Waals surface area contributed by atoms with Crippen molar-refractivity contribution < 1.29 is 4.79 Å². The average Bonchev–Trinajstić information content (AvgIpc) is 2.40. The van der Waals surface area contributed by atoms with Gasteiger partial charge in [-0.3, -0.25) is 4.79 Å². The summed E-state index contributed by atoms with van der Waals surface area (Å²) in [5.41, 5.74) is 8.80. The van der Waals surface area contributed by atoms with Gasteiger partial charge in [-0.25, -0.2) is 0 Å². The van der Waals surface area contributed by atoms with Gasteiger partial charge in [-0.2, -0.15) is 0 Å². The van der Waals surface area contributed by atoms with E-state index in [4.69, 9.17) is 17.3 Å². The van der Waals surface area contributed by atoms with Crippen LogP contribution in [-0.2, 0) is 6.54 Å². The predicted molar refractivity (Wildman–Crippen MR) is 78.2 cm³/mol. The van der Waals surface area contributed by atoms with Gasteiger partial charge in [0.25, 0.3) is 5.91 Å². The molecule has 1 amide bonds. The first-order valence-electron chi connectivity index (χ1n) is 5.95. The molecule has 19 heavy (non-hydrogen) atoms. The van der Waals surface area contributed by atoms with Crippen LogP contribution in [0.25, 0.3) is 0 Å². The first-order valence-corrected chi connectivity index (χ1v) is 6.33. The molecule has 98 valence electrons. The Morgan fingerprint density at radius 2 is 2.00 bits per heavy atom. The second kappa shape index (κ2) is 5.76. The molecule has 0 bridgehead atoms. The van der Waals surface area contributed by atoms with Crippen LogP contribution < -0.4 is 11.1 Å². The van der Waals surface area contributed by atoms with E-state index in [1.54, 1.807) is 18.2 Å². The van der Waals surface area contributed by atoms with Gasteiger partial charge in [0, 0.05) is 22.8 Å². The Hall–Kier alpha value is -2.00. The standard InChI is InChI=1S/C15H15ClN2O/c1-10-6-7-11(8-14(10)17)15(19)18-9-12-4-2-3-5-13(12)16/h2-8H,9,17H2,1H3,(H,18,19). The maximum Gasteiger partial charge on any atom is 0.251 e. The van der Waals surface area contributed by atoms with Crippen LogP contribution in [0.2, 0.25) is 5.02 Å². The number of nitrogens with two attached hydrogens (primary N) is 1. The van der Waals surface area contributed by atoms with Gasteiger partial charge in [0.2, 0.25) is 0 Å². The molecule has 2 aromatic rings. The van der Waals surface area contributed by atoms with E-state index in [0.29, 0.717) is 22.8 Å². The van der Waals surface area contributed by atoms with E-state index in [9.17, 15) is 4.79 Å². The van der Waals surface area contributed by atoms with Gasteiger partial charge in [0.15, 0.2) is 0 Å². The Balaban J connectivity index is 2.05. The molecule has 4 heteroatoms. The van der Waals surface area contributed by atoms with Crippen LogP contribution in [0.4, 0.5) is 5.69 Å². The van der Waals surface area contributed by atoms with E-state index in [1.807, 2.05) is 31.2 Å². The van der Waals surface area contributed by atoms with Crippen molar-refractivity contribution in [1.82, 2.24) is 5.32 Å². The Morgan fingerprint density at radius 3 is 2.68 bits per heavy atom. The van der Waals surface area contributed by atoms with Gasteiger partial charge < -0.3 is 11.1 Å². The summed E-state index contributed by atoms with van der Waals surface area (Å²) in [5, 5.41) is 3.47. The lowest BCUT2D eigenvalue weighted by atomic mass is 10.1. The number of hydrogen-bond donors (Lipinski definition) is 2. The second-order valence-electron chi connectivity index (χ2n) is 4.35. The van der Waals surface area contributed by atoms with E-state index in [2.05, 4.69) is 5.32 Å². The van der Waals surface area contributed by atoms with E-state index < -0.39 is 0 Å². The lowest BCUT2D eigenvalue weighted by Gasteiger charge is -2.08. The molecule has 0 aromatic heterocycles. The minimum absolute atomic E-state index is 0.161. The predicted octanol–water partition coefficient (Wildman–Crippen LogP) is 3.16. The zero-order valence-corrected chi connectivity index (χ0v) is 11.4. The minimum Gasteiger partial charge on any atom is -0.398 e. The molecule has 2 rings (SSSR count). The smallest absolute Gasteiger partial charge is 0.251 e. The van der Waals surface area contributed by atoms with Gasteiger partial charge in [-0.05, 0) is 36.2 Å². The first-order chi connectivity index (χ1) is 9.08. The molecule has 0 heterocycles. The lowest BCUT2D eigenvalue weighted by Crippen LogP contribution is -2.23. The summed E-state index contributed by atoms with van der Waals surface area (Å²) in [6.07, 6.45) is 0. The number of benzene rings is 2. The number of halogens is 1. The number of rotatable bonds is 3. The number of carbonyl (C=O) groups excluding carboxylic acids is 1. The van der Waals surface area contributed by atoms with Crippen molar-refractivity contribution >= 4 is 23.2 Å². The number of anilines is 1. The number of nitrogen functional groups attached to an aromatic ring is 1. The molecule has 0 aliphatic rings. The van der Waals surface area contributed by atoms with Crippen molar-refractivity contribution in [3.63, 3.8) is 0 Å². The molecule has 3 N–H and O–H groups in total. The maximum atomic E-state index is 12.0. The van der Waals surface area contributed by atoms with Gasteiger partial charge in [0.1, 0.15) is 0 Å². The Labute approximate surface area is 117 Å². The highest BCUT2D eigenvalue weighted by Gasteiger charge is 2.07. The largest absolute Gasteiger partial charge is 0.398 e. The van der Waals surface area contributed by atoms with Gasteiger partial charge in [-0.1, -0.05) is 35.9 Å². The van der Waals surface area contributed by atoms with Crippen LogP contribution in [0.15, 0.2) is 42.5 Å². The number of nitrogens with one attached hydrogen (secondary N) is 1. The molecule has 0 aliphatic carbocycles. The highest BCUT2D eigenvalue weighted by atomic mass is 35.5. The average molecular weight is 275 g/mol. The molecule has 0 unspecified atom stereocenters. The van der Waals surface area contributed by atoms with Crippen LogP contribution in [-0.4, -0.2) is 5.91 Å². The zero-order chi connectivity index (χ0) is 13.8. The summed E-state index contributed by atoms with van der Waals surface area (Å²) in [7, 11) is 0.